The van der Waals surface area contributed by atoms with Gasteiger partial charge >= 0.3 is 0 Å². The zero-order valence-electron chi connectivity index (χ0n) is 9.09. The average Bonchev–Trinajstić information content (AvgIpc) is 2.39. The molecule has 4 nitrogen and oxygen atoms in total. The Morgan fingerprint density at radius 1 is 1.29 bits per heavy atom. The smallest absolute Gasteiger partial charge is 0.149 e. The molecule has 4 heteroatoms. The van der Waals surface area contributed by atoms with E-state index in [-0.39, 0.29) is 0 Å². The van der Waals surface area contributed by atoms with E-state index in [4.69, 9.17) is 5.26 Å². The van der Waals surface area contributed by atoms with Crippen LogP contribution >= 0.6 is 0 Å². The van der Waals surface area contributed by atoms with Gasteiger partial charge in [-0.05, 0) is 29.8 Å². The maximum absolute atomic E-state index is 8.93. The number of nitrogens with one attached hydrogen (secondary N) is 1. The third-order valence-corrected chi connectivity index (χ3v) is 2.19. The second kappa shape index (κ2) is 4.90. The Hall–Kier alpha value is -2.67. The van der Waals surface area contributed by atoms with Gasteiger partial charge in [-0.25, -0.2) is 9.97 Å². The first-order valence-corrected chi connectivity index (χ1v) is 5.04. The van der Waals surface area contributed by atoms with Crippen molar-refractivity contribution in [3.8, 4) is 6.07 Å². The molecule has 0 spiro atoms. The Labute approximate surface area is 99.3 Å². The molecule has 0 fully saturated rings. The van der Waals surface area contributed by atoms with Crippen LogP contribution in [0.1, 0.15) is 11.1 Å². The summed E-state index contributed by atoms with van der Waals surface area (Å²) < 4.78 is 0. The van der Waals surface area contributed by atoms with Crippen LogP contribution in [0, 0.1) is 11.3 Å². The second-order valence-corrected chi connectivity index (χ2v) is 3.31. The summed E-state index contributed by atoms with van der Waals surface area (Å²) in [5, 5.41) is 11.9. The molecule has 0 saturated carbocycles. The summed E-state index contributed by atoms with van der Waals surface area (Å²) in [6, 6.07) is 9.18. The Morgan fingerprint density at radius 2 is 2.18 bits per heavy atom. The molecule has 2 heterocycles. The van der Waals surface area contributed by atoms with Gasteiger partial charge in [-0.2, -0.15) is 5.26 Å². The molecule has 0 aliphatic rings. The van der Waals surface area contributed by atoms with Crippen molar-refractivity contribution in [3.63, 3.8) is 0 Å². The van der Waals surface area contributed by atoms with Gasteiger partial charge in [-0.15, -0.1) is 0 Å². The summed E-state index contributed by atoms with van der Waals surface area (Å²) in [7, 11) is 0. The first-order valence-electron chi connectivity index (χ1n) is 5.04. The molecule has 82 valence electrons. The molecular weight excluding hydrogens is 212 g/mol. The van der Waals surface area contributed by atoms with Gasteiger partial charge in [0.2, 0.25) is 0 Å². The summed E-state index contributed by atoms with van der Waals surface area (Å²) >= 11 is 0. The maximum Gasteiger partial charge on any atom is 0.149 e. The van der Waals surface area contributed by atoms with Crippen LogP contribution in [0.3, 0.4) is 0 Å². The highest BCUT2D eigenvalue weighted by molar-refractivity contribution is 5.62. The van der Waals surface area contributed by atoms with E-state index < -0.39 is 0 Å². The molecule has 0 aliphatic carbocycles. The standard InChI is InChI=1S/C13H10N4/c1-2-10-5-7-15-12(8-10)17-13-11(9-14)4-3-6-16-13/h2-8H,1H2,(H,15,16,17). The van der Waals surface area contributed by atoms with E-state index in [1.54, 1.807) is 30.6 Å². The number of rotatable bonds is 3. The van der Waals surface area contributed by atoms with E-state index >= 15 is 0 Å². The first kappa shape index (κ1) is 10.8. The van der Waals surface area contributed by atoms with E-state index in [9.17, 15) is 0 Å². The van der Waals surface area contributed by atoms with Crippen molar-refractivity contribution in [2.75, 3.05) is 5.32 Å². The van der Waals surface area contributed by atoms with E-state index in [1.807, 2.05) is 12.1 Å². The molecular formula is C13H10N4. The van der Waals surface area contributed by atoms with Gasteiger partial charge in [0, 0.05) is 12.4 Å². The Morgan fingerprint density at radius 3 is 2.94 bits per heavy atom. The van der Waals surface area contributed by atoms with E-state index in [1.165, 1.54) is 0 Å². The average molecular weight is 222 g/mol. The molecule has 2 rings (SSSR count). The van der Waals surface area contributed by atoms with Crippen molar-refractivity contribution >= 4 is 17.7 Å². The molecule has 0 bridgehead atoms. The van der Waals surface area contributed by atoms with Crippen LogP contribution < -0.4 is 5.32 Å². The fourth-order valence-electron chi connectivity index (χ4n) is 1.36. The van der Waals surface area contributed by atoms with Crippen LogP contribution in [0.15, 0.2) is 43.2 Å². The number of nitriles is 1. The Kier molecular flexibility index (Phi) is 3.13. The van der Waals surface area contributed by atoms with Gasteiger partial charge in [-0.1, -0.05) is 12.7 Å². The monoisotopic (exact) mass is 222 g/mol. The number of aromatic nitrogens is 2. The van der Waals surface area contributed by atoms with Crippen LogP contribution in [-0.2, 0) is 0 Å². The predicted molar refractivity (Wildman–Crippen MR) is 66.6 cm³/mol. The SMILES string of the molecule is C=Cc1ccnc(Nc2ncccc2C#N)c1. The van der Waals surface area contributed by atoms with Crippen molar-refractivity contribution in [2.24, 2.45) is 0 Å². The van der Waals surface area contributed by atoms with Crippen molar-refractivity contribution in [1.29, 1.82) is 5.26 Å². The lowest BCUT2D eigenvalue weighted by atomic mass is 10.2. The molecule has 17 heavy (non-hydrogen) atoms. The van der Waals surface area contributed by atoms with Crippen molar-refractivity contribution in [1.82, 2.24) is 9.97 Å². The van der Waals surface area contributed by atoms with Gasteiger partial charge in [0.05, 0.1) is 5.56 Å². The lowest BCUT2D eigenvalue weighted by Gasteiger charge is -2.06. The molecule has 0 unspecified atom stereocenters. The topological polar surface area (TPSA) is 61.6 Å². The first-order chi connectivity index (χ1) is 8.33. The highest BCUT2D eigenvalue weighted by Gasteiger charge is 2.03. The van der Waals surface area contributed by atoms with Crippen molar-refractivity contribution in [2.45, 2.75) is 0 Å². The van der Waals surface area contributed by atoms with Gasteiger partial charge in [0.1, 0.15) is 17.7 Å². The molecule has 1 N–H and O–H groups in total. The van der Waals surface area contributed by atoms with E-state index in [0.717, 1.165) is 5.56 Å². The molecule has 2 aromatic heterocycles. The lowest BCUT2D eigenvalue weighted by molar-refractivity contribution is 1.24. The molecule has 2 aromatic rings. The molecule has 0 radical (unpaired) electrons. The van der Waals surface area contributed by atoms with Crippen LogP contribution in [0.2, 0.25) is 0 Å². The van der Waals surface area contributed by atoms with Gasteiger partial charge in [0.25, 0.3) is 0 Å². The second-order valence-electron chi connectivity index (χ2n) is 3.31. The minimum Gasteiger partial charge on any atom is -0.324 e. The zero-order chi connectivity index (χ0) is 12.1. The number of anilines is 2. The van der Waals surface area contributed by atoms with Crippen LogP contribution in [0.4, 0.5) is 11.6 Å². The molecule has 0 atom stereocenters. The van der Waals surface area contributed by atoms with Crippen molar-refractivity contribution < 1.29 is 0 Å². The summed E-state index contributed by atoms with van der Waals surface area (Å²) in [4.78, 5) is 8.25. The molecule has 0 aliphatic heterocycles. The summed E-state index contributed by atoms with van der Waals surface area (Å²) in [6.07, 6.45) is 5.03. The highest BCUT2D eigenvalue weighted by atomic mass is 15.0. The maximum atomic E-state index is 8.93. The number of hydrogen-bond acceptors (Lipinski definition) is 4. The number of pyridine rings is 2. The molecule has 0 saturated heterocycles. The zero-order valence-corrected chi connectivity index (χ0v) is 9.09. The summed E-state index contributed by atoms with van der Waals surface area (Å²) in [5.74, 6) is 1.14. The van der Waals surface area contributed by atoms with Crippen LogP contribution in [0.25, 0.3) is 6.08 Å². The largest absolute Gasteiger partial charge is 0.324 e. The Bertz CT molecular complexity index is 584. The summed E-state index contributed by atoms with van der Waals surface area (Å²) in [6.45, 7) is 3.69. The fraction of sp³-hybridized carbons (Fsp3) is 0. The van der Waals surface area contributed by atoms with Gasteiger partial charge < -0.3 is 5.32 Å². The van der Waals surface area contributed by atoms with E-state index in [2.05, 4.69) is 27.9 Å². The van der Waals surface area contributed by atoms with E-state index in [0.29, 0.717) is 17.2 Å². The Balaban J connectivity index is 2.31. The molecule has 0 amide bonds. The third kappa shape index (κ3) is 2.47. The fourth-order valence-corrected chi connectivity index (χ4v) is 1.36. The highest BCUT2D eigenvalue weighted by Crippen LogP contribution is 2.16. The van der Waals surface area contributed by atoms with Crippen LogP contribution in [-0.4, -0.2) is 9.97 Å². The predicted octanol–water partition coefficient (Wildman–Crippen LogP) is 2.73. The third-order valence-electron chi connectivity index (χ3n) is 2.19. The summed E-state index contributed by atoms with van der Waals surface area (Å²) in [5.41, 5.74) is 1.44. The van der Waals surface area contributed by atoms with Crippen LogP contribution in [0.5, 0.6) is 0 Å². The normalized spacial score (nSPS) is 9.35. The quantitative estimate of drug-likeness (QED) is 0.867. The minimum atomic E-state index is 0.485. The molecule has 0 aromatic carbocycles. The lowest BCUT2D eigenvalue weighted by Crippen LogP contribution is -1.98. The van der Waals surface area contributed by atoms with Gasteiger partial charge in [0.15, 0.2) is 0 Å². The van der Waals surface area contributed by atoms with Crippen molar-refractivity contribution in [3.05, 3.63) is 54.4 Å². The van der Waals surface area contributed by atoms with Gasteiger partial charge in [-0.3, -0.25) is 0 Å². The minimum absolute atomic E-state index is 0.485. The number of nitrogens with zero attached hydrogens (tertiary/aromatic N) is 3. The number of hydrogen-bond donors (Lipinski definition) is 1.